The molecule has 1 atom stereocenters. The van der Waals surface area contributed by atoms with E-state index >= 15 is 0 Å². The van der Waals surface area contributed by atoms with Crippen LogP contribution in [0.15, 0.2) is 128 Å². The predicted octanol–water partition coefficient (Wildman–Crippen LogP) is 4.83. The Bertz CT molecular complexity index is 2240. The van der Waals surface area contributed by atoms with Crippen LogP contribution in [0.3, 0.4) is 0 Å². The van der Waals surface area contributed by atoms with E-state index in [1.807, 2.05) is 54.7 Å². The fourth-order valence-electron chi connectivity index (χ4n) is 7.21. The molecule has 0 saturated carbocycles. The summed E-state index contributed by atoms with van der Waals surface area (Å²) in [5.74, 6) is 0.691. The van der Waals surface area contributed by atoms with Crippen LogP contribution in [-0.2, 0) is 31.9 Å². The Balaban J connectivity index is 0.000000191. The normalized spacial score (nSPS) is 17.5. The topological polar surface area (TPSA) is 52.8 Å². The Kier molecular flexibility index (Phi) is 8.48. The zero-order chi connectivity index (χ0) is 32.4. The van der Waals surface area contributed by atoms with Crippen LogP contribution in [0.4, 0.5) is 0 Å². The average molecular weight is 869 g/mol. The molecule has 9 heteroatoms. The maximum Gasteiger partial charge on any atom is 0.0944 e. The van der Waals surface area contributed by atoms with Crippen molar-refractivity contribution < 1.29 is 20.1 Å². The van der Waals surface area contributed by atoms with Gasteiger partial charge in [0.1, 0.15) is 0 Å². The standard InChI is InChI=1S/C27H25NPSSi2.C12H8N3.Ir/c1-31(2)23-14-7-5-12-21(23)29(30)22-13-6-8-15-24(22)32(3,4)26-18-19(17-25(31)27(26)29)20-11-9-10-16-28-20;1-2-6-10-9(5-1)14-12(15-10)11-7-3-4-8-13-11;/h5-17H,1-4H3;1-8H;/q2*-1;. The molecule has 0 N–H and O–H groups in total. The average Bonchev–Trinajstić information content (AvgIpc) is 3.56. The molecule has 5 heterocycles. The Labute approximate surface area is 302 Å². The largest absolute Gasteiger partial charge is 0.434 e. The van der Waals surface area contributed by atoms with Gasteiger partial charge in [-0.3, -0.25) is 4.98 Å². The molecule has 7 aromatic rings. The Morgan fingerprint density at radius 3 is 1.83 bits per heavy atom. The molecule has 0 fully saturated rings. The third kappa shape index (κ3) is 5.09. The zero-order valence-electron chi connectivity index (χ0n) is 27.1. The maximum atomic E-state index is 6.84. The summed E-state index contributed by atoms with van der Waals surface area (Å²) in [4.78, 5) is 17.7. The summed E-state index contributed by atoms with van der Waals surface area (Å²) in [6.07, 6.45) is 3.63. The van der Waals surface area contributed by atoms with Gasteiger partial charge in [-0.15, -0.1) is 28.1 Å². The summed E-state index contributed by atoms with van der Waals surface area (Å²) in [5.41, 5.74) is 4.78. The fraction of sp³-hybridized carbons (Fsp3) is 0.103. The number of para-hydroxylation sites is 2. The van der Waals surface area contributed by atoms with Gasteiger partial charge in [-0.05, 0) is 61.7 Å². The van der Waals surface area contributed by atoms with Crippen molar-refractivity contribution in [3.8, 4) is 22.8 Å². The first-order valence-electron chi connectivity index (χ1n) is 15.8. The summed E-state index contributed by atoms with van der Waals surface area (Å²) in [7, 11) is -3.93. The minimum Gasteiger partial charge on any atom is -0.434 e. The van der Waals surface area contributed by atoms with Crippen molar-refractivity contribution in [2.75, 3.05) is 0 Å². The molecule has 0 amide bonds. The number of aromatic nitrogens is 4. The predicted molar refractivity (Wildman–Crippen MR) is 206 cm³/mol. The molecule has 4 aromatic carbocycles. The second kappa shape index (κ2) is 12.4. The molecule has 0 aliphatic carbocycles. The molecule has 0 bridgehead atoms. The molecule has 1 unspecified atom stereocenters. The summed E-state index contributed by atoms with van der Waals surface area (Å²) >= 11 is 6.84. The first-order chi connectivity index (χ1) is 22.7. The van der Waals surface area contributed by atoms with Gasteiger partial charge in [0.2, 0.25) is 0 Å². The van der Waals surface area contributed by atoms with Crippen LogP contribution in [0, 0.1) is 6.07 Å². The number of rotatable bonds is 2. The van der Waals surface area contributed by atoms with Crippen LogP contribution in [-0.4, -0.2) is 31.1 Å². The molecule has 48 heavy (non-hydrogen) atoms. The van der Waals surface area contributed by atoms with Crippen LogP contribution in [0.2, 0.25) is 26.2 Å². The summed E-state index contributed by atoms with van der Waals surface area (Å²) < 4.78 is 0. The minimum absolute atomic E-state index is 0. The second-order valence-corrected chi connectivity index (χ2v) is 26.1. The van der Waals surface area contributed by atoms with E-state index in [1.54, 1.807) is 6.20 Å². The van der Waals surface area contributed by atoms with E-state index in [9.17, 15) is 0 Å². The van der Waals surface area contributed by atoms with E-state index in [0.717, 1.165) is 28.0 Å². The van der Waals surface area contributed by atoms with Crippen molar-refractivity contribution in [3.63, 3.8) is 0 Å². The molecule has 239 valence electrons. The maximum absolute atomic E-state index is 6.84. The monoisotopic (exact) mass is 869 g/mol. The third-order valence-electron chi connectivity index (χ3n) is 9.66. The van der Waals surface area contributed by atoms with Gasteiger partial charge in [-0.25, -0.2) is 0 Å². The zero-order valence-corrected chi connectivity index (χ0v) is 33.2. The van der Waals surface area contributed by atoms with Gasteiger partial charge in [0.25, 0.3) is 0 Å². The van der Waals surface area contributed by atoms with E-state index in [4.69, 9.17) is 16.8 Å². The summed E-state index contributed by atoms with van der Waals surface area (Å²) in [6, 6.07) is 42.0. The van der Waals surface area contributed by atoms with E-state index in [0.29, 0.717) is 5.82 Å². The summed E-state index contributed by atoms with van der Waals surface area (Å²) in [5, 5.41) is 10.3. The molecule has 2 aliphatic heterocycles. The third-order valence-corrected chi connectivity index (χ3v) is 22.4. The van der Waals surface area contributed by atoms with Gasteiger partial charge >= 0.3 is 0 Å². The first kappa shape index (κ1) is 32.9. The van der Waals surface area contributed by atoms with Crippen molar-refractivity contribution in [3.05, 3.63) is 134 Å². The van der Waals surface area contributed by atoms with E-state index in [1.165, 1.54) is 36.7 Å². The number of nitrogens with zero attached hydrogens (tertiary/aromatic N) is 4. The van der Waals surface area contributed by atoms with Gasteiger partial charge in [0.15, 0.2) is 0 Å². The van der Waals surface area contributed by atoms with Crippen molar-refractivity contribution in [2.45, 2.75) is 26.2 Å². The first-order valence-corrected chi connectivity index (χ1v) is 24.7. The molecule has 9 rings (SSSR count). The molecule has 0 spiro atoms. The van der Waals surface area contributed by atoms with Crippen molar-refractivity contribution in [2.24, 2.45) is 0 Å². The fourth-order valence-corrected chi connectivity index (χ4v) is 23.6. The molecule has 4 nitrogen and oxygen atoms in total. The minimum atomic E-state index is -2.14. The van der Waals surface area contributed by atoms with Crippen LogP contribution in [0.25, 0.3) is 33.8 Å². The number of fused-ring (bicyclic) bond motifs is 5. The van der Waals surface area contributed by atoms with Crippen molar-refractivity contribution in [1.82, 2.24) is 19.9 Å². The van der Waals surface area contributed by atoms with Gasteiger partial charge in [-0.2, -0.15) is 0 Å². The molecule has 0 saturated heterocycles. The van der Waals surface area contributed by atoms with Crippen LogP contribution in [0.5, 0.6) is 0 Å². The van der Waals surface area contributed by atoms with Gasteiger partial charge in [0, 0.05) is 38.5 Å². The number of pyridine rings is 2. The van der Waals surface area contributed by atoms with Gasteiger partial charge in [0.05, 0.1) is 21.8 Å². The molecule has 2 aliphatic rings. The number of benzene rings is 4. The SMILES string of the molecule is C[Si]1(C)c2[c-]c(-c3ccccn3)cc3c2P(=S)(c2ccccc21)c1ccccc1[Si]3(C)C.[Ir].c1ccc(-c2nc3ccccc3[n-]2)nc1. The van der Waals surface area contributed by atoms with Crippen LogP contribution >= 0.6 is 6.04 Å². The quantitative estimate of drug-likeness (QED) is 0.142. The van der Waals surface area contributed by atoms with Crippen molar-refractivity contribution in [1.29, 1.82) is 0 Å². The van der Waals surface area contributed by atoms with E-state index in [2.05, 4.69) is 114 Å². The van der Waals surface area contributed by atoms with E-state index in [-0.39, 0.29) is 20.1 Å². The Morgan fingerprint density at radius 2 is 1.21 bits per heavy atom. The Morgan fingerprint density at radius 1 is 0.646 bits per heavy atom. The summed E-state index contributed by atoms with van der Waals surface area (Å²) in [6.45, 7) is 9.96. The van der Waals surface area contributed by atoms with Crippen molar-refractivity contribution >= 4 is 81.7 Å². The second-order valence-electron chi connectivity index (χ2n) is 13.2. The smallest absolute Gasteiger partial charge is 0.0944 e. The van der Waals surface area contributed by atoms with E-state index < -0.39 is 22.2 Å². The Hall–Kier alpha value is -3.62. The number of hydrogen-bond donors (Lipinski definition) is 0. The van der Waals surface area contributed by atoms with Crippen LogP contribution in [0.1, 0.15) is 0 Å². The van der Waals surface area contributed by atoms with Gasteiger partial charge < -0.3 is 15.0 Å². The molecular weight excluding hydrogens is 836 g/mol. The number of hydrogen-bond acceptors (Lipinski definition) is 4. The van der Waals surface area contributed by atoms with Crippen LogP contribution < -0.4 is 41.6 Å². The molecule has 1 radical (unpaired) electrons. The molecular formula is C39H33IrN4PSSi2-2. The molecule has 3 aromatic heterocycles. The number of imidazole rings is 1. The van der Waals surface area contributed by atoms with Gasteiger partial charge in [-0.1, -0.05) is 134 Å².